The highest BCUT2D eigenvalue weighted by Gasteiger charge is 2.19. The Morgan fingerprint density at radius 3 is 2.79 bits per heavy atom. The van der Waals surface area contributed by atoms with Crippen LogP contribution in [0.1, 0.15) is 57.9 Å². The van der Waals surface area contributed by atoms with Crippen LogP contribution in [0.25, 0.3) is 0 Å². The number of allylic oxidation sites excluding steroid dienone is 7. The molecule has 3 rings (SSSR count). The van der Waals surface area contributed by atoms with Gasteiger partial charge < -0.3 is 5.41 Å². The van der Waals surface area contributed by atoms with E-state index >= 15 is 0 Å². The fraction of sp³-hybridized carbons (Fsp3) is 0.385. The van der Waals surface area contributed by atoms with Gasteiger partial charge >= 0.3 is 0 Å². The molecule has 0 radical (unpaired) electrons. The van der Waals surface area contributed by atoms with E-state index in [0.29, 0.717) is 11.8 Å². The largest absolute Gasteiger partial charge is 0.305 e. The normalized spacial score (nSPS) is 22.0. The summed E-state index contributed by atoms with van der Waals surface area (Å²) in [5, 5.41) is 8.36. The van der Waals surface area contributed by atoms with Crippen molar-refractivity contribution in [3.05, 3.63) is 83.1 Å². The van der Waals surface area contributed by atoms with Gasteiger partial charge in [0.25, 0.3) is 0 Å². The van der Waals surface area contributed by atoms with E-state index in [1.165, 1.54) is 16.7 Å². The molecule has 0 saturated heterocycles. The van der Waals surface area contributed by atoms with Gasteiger partial charge in [0.15, 0.2) is 0 Å². The van der Waals surface area contributed by atoms with E-state index in [2.05, 4.69) is 49.3 Å². The lowest BCUT2D eigenvalue weighted by Crippen LogP contribution is -2.10. The van der Waals surface area contributed by atoms with Crippen LogP contribution in [0.5, 0.6) is 0 Å². The van der Waals surface area contributed by atoms with E-state index in [1.54, 1.807) is 0 Å². The van der Waals surface area contributed by atoms with Gasteiger partial charge in [-0.2, -0.15) is 0 Å². The lowest BCUT2D eigenvalue weighted by Gasteiger charge is -2.23. The van der Waals surface area contributed by atoms with Crippen LogP contribution in [0.4, 0.5) is 0 Å². The van der Waals surface area contributed by atoms with Gasteiger partial charge in [0, 0.05) is 18.1 Å². The fourth-order valence-corrected chi connectivity index (χ4v) is 4.00. The highest BCUT2D eigenvalue weighted by Crippen LogP contribution is 2.33. The monoisotopic (exact) mass is 372 g/mol. The SMILES string of the molecule is CCC1CC=NC=C1C1=CC=CCC(C)C(CCCC(=N)c2ccccc2)=C1. The molecule has 2 aliphatic rings. The number of nitrogens with zero attached hydrogens (tertiary/aromatic N) is 1. The topological polar surface area (TPSA) is 36.2 Å². The first kappa shape index (κ1) is 20.3. The third-order valence-corrected chi connectivity index (χ3v) is 5.86. The Balaban J connectivity index is 1.72. The van der Waals surface area contributed by atoms with Crippen LogP contribution in [-0.4, -0.2) is 11.9 Å². The van der Waals surface area contributed by atoms with Crippen LogP contribution in [0.15, 0.2) is 82.5 Å². The third kappa shape index (κ3) is 5.28. The molecule has 0 aromatic heterocycles. The Morgan fingerprint density at radius 1 is 1.18 bits per heavy atom. The quantitative estimate of drug-likeness (QED) is 0.497. The molecule has 1 heterocycles. The Bertz CT molecular complexity index is 821. The molecular weight excluding hydrogens is 340 g/mol. The zero-order valence-electron chi connectivity index (χ0n) is 17.2. The summed E-state index contributed by atoms with van der Waals surface area (Å²) in [6.45, 7) is 4.59. The smallest absolute Gasteiger partial charge is 0.0386 e. The zero-order chi connectivity index (χ0) is 19.8. The van der Waals surface area contributed by atoms with Crippen molar-refractivity contribution in [2.45, 2.75) is 52.4 Å². The molecule has 2 nitrogen and oxygen atoms in total. The molecule has 1 aliphatic carbocycles. The average Bonchev–Trinajstić information content (AvgIpc) is 2.73. The molecule has 0 saturated carbocycles. The van der Waals surface area contributed by atoms with Crippen molar-refractivity contribution in [3.8, 4) is 0 Å². The van der Waals surface area contributed by atoms with Crippen molar-refractivity contribution in [2.75, 3.05) is 0 Å². The Hall–Kier alpha value is -2.48. The minimum absolute atomic E-state index is 0.540. The van der Waals surface area contributed by atoms with Crippen LogP contribution in [-0.2, 0) is 0 Å². The second kappa shape index (κ2) is 10.2. The van der Waals surface area contributed by atoms with Crippen LogP contribution >= 0.6 is 0 Å². The molecule has 1 N–H and O–H groups in total. The maximum absolute atomic E-state index is 8.36. The zero-order valence-corrected chi connectivity index (χ0v) is 17.2. The molecule has 1 aliphatic heterocycles. The van der Waals surface area contributed by atoms with E-state index < -0.39 is 0 Å². The number of benzene rings is 1. The van der Waals surface area contributed by atoms with Crippen LogP contribution in [0, 0.1) is 17.2 Å². The van der Waals surface area contributed by atoms with Gasteiger partial charge in [0.05, 0.1) is 0 Å². The van der Waals surface area contributed by atoms with E-state index in [4.69, 9.17) is 5.41 Å². The predicted molar refractivity (Wildman–Crippen MR) is 121 cm³/mol. The van der Waals surface area contributed by atoms with Gasteiger partial charge in [-0.3, -0.25) is 4.99 Å². The summed E-state index contributed by atoms with van der Waals surface area (Å²) in [6.07, 6.45) is 19.4. The summed E-state index contributed by atoms with van der Waals surface area (Å²) in [6, 6.07) is 10.1. The number of rotatable bonds is 7. The summed E-state index contributed by atoms with van der Waals surface area (Å²) >= 11 is 0. The van der Waals surface area contributed by atoms with Crippen molar-refractivity contribution >= 4 is 11.9 Å². The third-order valence-electron chi connectivity index (χ3n) is 5.86. The van der Waals surface area contributed by atoms with E-state index in [0.717, 1.165) is 49.8 Å². The first-order valence-corrected chi connectivity index (χ1v) is 10.6. The lowest BCUT2D eigenvalue weighted by atomic mass is 9.83. The van der Waals surface area contributed by atoms with Gasteiger partial charge in [-0.25, -0.2) is 0 Å². The Kier molecular flexibility index (Phi) is 7.36. The molecule has 1 aromatic rings. The number of hydrogen-bond acceptors (Lipinski definition) is 2. The van der Waals surface area contributed by atoms with Gasteiger partial charge in [-0.15, -0.1) is 0 Å². The second-order valence-electron chi connectivity index (χ2n) is 7.86. The molecule has 0 amide bonds. The standard InChI is InChI=1S/C26H32N2/c1-3-21-16-17-28-19-25(21)24-13-8-7-10-20(2)23(18-24)14-9-15-26(27)22-11-5-4-6-12-22/h4-8,11-13,17-21,27H,3,9-10,14-16H2,1-2H3. The molecular formula is C26H32N2. The number of aliphatic imine (C=N–C) groups is 1. The van der Waals surface area contributed by atoms with Gasteiger partial charge in [0.2, 0.25) is 0 Å². The van der Waals surface area contributed by atoms with Crippen LogP contribution in [0.2, 0.25) is 0 Å². The van der Waals surface area contributed by atoms with E-state index in [1.807, 2.05) is 36.5 Å². The predicted octanol–water partition coefficient (Wildman–Crippen LogP) is 7.06. The van der Waals surface area contributed by atoms with Crippen molar-refractivity contribution < 1.29 is 0 Å². The lowest BCUT2D eigenvalue weighted by molar-refractivity contribution is 0.616. The number of hydrogen-bond donors (Lipinski definition) is 1. The van der Waals surface area contributed by atoms with Crippen molar-refractivity contribution in [1.29, 1.82) is 5.41 Å². The summed E-state index contributed by atoms with van der Waals surface area (Å²) in [5.41, 5.74) is 5.98. The van der Waals surface area contributed by atoms with Gasteiger partial charge in [-0.05, 0) is 67.1 Å². The van der Waals surface area contributed by atoms with Crippen LogP contribution in [0.3, 0.4) is 0 Å². The highest BCUT2D eigenvalue weighted by atomic mass is 14.7. The second-order valence-corrected chi connectivity index (χ2v) is 7.86. The summed E-state index contributed by atoms with van der Waals surface area (Å²) in [7, 11) is 0. The first-order valence-electron chi connectivity index (χ1n) is 10.6. The highest BCUT2D eigenvalue weighted by molar-refractivity contribution is 5.98. The van der Waals surface area contributed by atoms with Crippen LogP contribution < -0.4 is 0 Å². The molecule has 2 unspecified atom stereocenters. The first-order chi connectivity index (χ1) is 13.7. The fourth-order valence-electron chi connectivity index (χ4n) is 4.00. The summed E-state index contributed by atoms with van der Waals surface area (Å²) in [4.78, 5) is 4.44. The Morgan fingerprint density at radius 2 is 2.00 bits per heavy atom. The molecule has 0 bridgehead atoms. The average molecular weight is 373 g/mol. The van der Waals surface area contributed by atoms with E-state index in [9.17, 15) is 0 Å². The van der Waals surface area contributed by atoms with Crippen molar-refractivity contribution in [1.82, 2.24) is 0 Å². The maximum atomic E-state index is 8.36. The molecule has 2 heteroatoms. The summed E-state index contributed by atoms with van der Waals surface area (Å²) < 4.78 is 0. The van der Waals surface area contributed by atoms with Crippen molar-refractivity contribution in [3.63, 3.8) is 0 Å². The molecule has 0 spiro atoms. The number of nitrogens with one attached hydrogen (secondary N) is 1. The molecule has 1 aromatic carbocycles. The molecule has 0 fully saturated rings. The van der Waals surface area contributed by atoms with Gasteiger partial charge in [-0.1, -0.05) is 74.1 Å². The summed E-state index contributed by atoms with van der Waals surface area (Å²) in [5.74, 6) is 1.11. The van der Waals surface area contributed by atoms with E-state index in [-0.39, 0.29) is 0 Å². The van der Waals surface area contributed by atoms with Gasteiger partial charge in [0.1, 0.15) is 0 Å². The molecule has 28 heavy (non-hydrogen) atoms. The molecule has 146 valence electrons. The minimum atomic E-state index is 0.540. The maximum Gasteiger partial charge on any atom is 0.0386 e. The minimum Gasteiger partial charge on any atom is -0.305 e. The Labute approximate surface area is 170 Å². The molecule has 2 atom stereocenters. The van der Waals surface area contributed by atoms with Crippen molar-refractivity contribution in [2.24, 2.45) is 16.8 Å².